The summed E-state index contributed by atoms with van der Waals surface area (Å²) in [6.07, 6.45) is 0. The minimum absolute atomic E-state index is 0.126. The first kappa shape index (κ1) is 20.1. The monoisotopic (exact) mass is 437 g/mol. The van der Waals surface area contributed by atoms with Crippen LogP contribution in [0.15, 0.2) is 51.7 Å². The lowest BCUT2D eigenvalue weighted by Gasteiger charge is -2.34. The number of piperazine rings is 1. The molecule has 3 heterocycles. The van der Waals surface area contributed by atoms with Crippen LogP contribution in [0.2, 0.25) is 0 Å². The van der Waals surface area contributed by atoms with E-state index < -0.39 is 5.63 Å². The Morgan fingerprint density at radius 3 is 2.61 bits per heavy atom. The molecule has 0 radical (unpaired) electrons. The molecule has 8 heteroatoms. The van der Waals surface area contributed by atoms with Crippen molar-refractivity contribution in [3.8, 4) is 16.3 Å². The number of benzene rings is 2. The third-order valence-electron chi connectivity index (χ3n) is 5.77. The zero-order valence-corrected chi connectivity index (χ0v) is 17.8. The second kappa shape index (κ2) is 8.39. The van der Waals surface area contributed by atoms with Gasteiger partial charge in [0.25, 0.3) is 0 Å². The van der Waals surface area contributed by atoms with Crippen molar-refractivity contribution in [3.05, 3.63) is 58.4 Å². The molecule has 0 saturated carbocycles. The van der Waals surface area contributed by atoms with Gasteiger partial charge in [-0.05, 0) is 30.3 Å². The van der Waals surface area contributed by atoms with Crippen LogP contribution in [0.1, 0.15) is 5.56 Å². The Kier molecular flexibility index (Phi) is 5.45. The van der Waals surface area contributed by atoms with Gasteiger partial charge in [-0.3, -0.25) is 9.80 Å². The van der Waals surface area contributed by atoms with Gasteiger partial charge in [0.15, 0.2) is 0 Å². The quantitative estimate of drug-likeness (QED) is 0.464. The smallest absolute Gasteiger partial charge is 0.346 e. The van der Waals surface area contributed by atoms with Gasteiger partial charge < -0.3 is 14.6 Å². The molecule has 1 saturated heterocycles. The number of β-amino-alcohol motifs (C(OH)–C–C–N with tert-alkyl or cyclic N) is 1. The van der Waals surface area contributed by atoms with Gasteiger partial charge in [0.1, 0.15) is 16.3 Å². The van der Waals surface area contributed by atoms with Gasteiger partial charge in [-0.2, -0.15) is 0 Å². The van der Waals surface area contributed by atoms with E-state index in [2.05, 4.69) is 14.8 Å². The fourth-order valence-electron chi connectivity index (χ4n) is 4.06. The lowest BCUT2D eigenvalue weighted by Crippen LogP contribution is -2.46. The first-order valence-electron chi connectivity index (χ1n) is 10.3. The van der Waals surface area contributed by atoms with Crippen LogP contribution < -0.4 is 5.63 Å². The van der Waals surface area contributed by atoms with Gasteiger partial charge in [0.05, 0.1) is 28.0 Å². The van der Waals surface area contributed by atoms with E-state index in [4.69, 9.17) is 9.52 Å². The fraction of sp³-hybridized carbons (Fsp3) is 0.304. The van der Waals surface area contributed by atoms with E-state index in [0.717, 1.165) is 41.8 Å². The van der Waals surface area contributed by atoms with Crippen molar-refractivity contribution in [1.82, 2.24) is 14.8 Å². The number of hydrogen-bond donors (Lipinski definition) is 2. The van der Waals surface area contributed by atoms with Crippen LogP contribution >= 0.6 is 11.3 Å². The third-order valence-corrected chi connectivity index (χ3v) is 6.84. The zero-order chi connectivity index (χ0) is 21.4. The van der Waals surface area contributed by atoms with Crippen LogP contribution in [0.25, 0.3) is 31.8 Å². The van der Waals surface area contributed by atoms with E-state index in [0.29, 0.717) is 34.8 Å². The van der Waals surface area contributed by atoms with Crippen molar-refractivity contribution in [1.29, 1.82) is 0 Å². The van der Waals surface area contributed by atoms with Gasteiger partial charge in [-0.25, -0.2) is 9.78 Å². The summed E-state index contributed by atoms with van der Waals surface area (Å²) in [5.74, 6) is 0.126. The fourth-order valence-corrected chi connectivity index (χ4v) is 5.03. The maximum atomic E-state index is 12.9. The highest BCUT2D eigenvalue weighted by Crippen LogP contribution is 2.33. The number of fused-ring (bicyclic) bond motifs is 2. The molecule has 1 aliphatic heterocycles. The summed E-state index contributed by atoms with van der Waals surface area (Å²) >= 11 is 1.46. The normalized spacial score (nSPS) is 15.8. The maximum Gasteiger partial charge on any atom is 0.346 e. The molecule has 31 heavy (non-hydrogen) atoms. The average molecular weight is 438 g/mol. The number of phenols is 1. The van der Waals surface area contributed by atoms with Crippen LogP contribution in [0.4, 0.5) is 0 Å². The molecule has 0 amide bonds. The molecule has 1 aliphatic rings. The van der Waals surface area contributed by atoms with E-state index in [1.807, 2.05) is 24.3 Å². The zero-order valence-electron chi connectivity index (χ0n) is 17.0. The number of aromatic nitrogens is 1. The second-order valence-electron chi connectivity index (χ2n) is 7.76. The molecule has 0 aliphatic carbocycles. The van der Waals surface area contributed by atoms with Crippen molar-refractivity contribution in [2.24, 2.45) is 0 Å². The number of nitrogens with zero attached hydrogens (tertiary/aromatic N) is 3. The van der Waals surface area contributed by atoms with Crippen molar-refractivity contribution in [2.45, 2.75) is 6.54 Å². The molecule has 7 nitrogen and oxygen atoms in total. The number of aliphatic hydroxyl groups excluding tert-OH is 1. The van der Waals surface area contributed by atoms with Crippen LogP contribution in [0, 0.1) is 0 Å². The molecule has 2 aromatic carbocycles. The SMILES string of the molecule is O=c1oc2c(CN3CCN(CCO)CC3)c(O)ccc2cc1-c1nc2ccccc2s1. The van der Waals surface area contributed by atoms with E-state index in [-0.39, 0.29) is 12.4 Å². The van der Waals surface area contributed by atoms with Crippen LogP contribution in [0.5, 0.6) is 5.75 Å². The molecule has 1 fully saturated rings. The summed E-state index contributed by atoms with van der Waals surface area (Å²) in [5, 5.41) is 21.0. The summed E-state index contributed by atoms with van der Waals surface area (Å²) in [5.41, 5.74) is 1.89. The van der Waals surface area contributed by atoms with Gasteiger partial charge in [0.2, 0.25) is 0 Å². The summed E-state index contributed by atoms with van der Waals surface area (Å²) < 4.78 is 6.75. The highest BCUT2D eigenvalue weighted by Gasteiger charge is 2.21. The molecule has 0 unspecified atom stereocenters. The van der Waals surface area contributed by atoms with Crippen LogP contribution in [-0.4, -0.2) is 64.3 Å². The Labute approximate surface area is 182 Å². The van der Waals surface area contributed by atoms with Crippen molar-refractivity contribution in [3.63, 3.8) is 0 Å². The van der Waals surface area contributed by atoms with Crippen LogP contribution in [-0.2, 0) is 6.54 Å². The Bertz CT molecular complexity index is 1260. The van der Waals surface area contributed by atoms with Gasteiger partial charge in [-0.15, -0.1) is 11.3 Å². The molecule has 0 atom stereocenters. The lowest BCUT2D eigenvalue weighted by molar-refractivity contribution is 0.108. The molecular formula is C23H23N3O4S. The molecular weight excluding hydrogens is 414 g/mol. The number of phenolic OH excluding ortho intramolecular Hbond substituents is 1. The first-order chi connectivity index (χ1) is 15.1. The summed E-state index contributed by atoms with van der Waals surface area (Å²) in [7, 11) is 0. The van der Waals surface area contributed by atoms with Gasteiger partial charge >= 0.3 is 5.63 Å². The lowest BCUT2D eigenvalue weighted by atomic mass is 10.1. The second-order valence-corrected chi connectivity index (χ2v) is 8.79. The Hall–Kier alpha value is -2.78. The number of aromatic hydroxyl groups is 1. The van der Waals surface area contributed by atoms with Gasteiger partial charge in [-0.1, -0.05) is 12.1 Å². The van der Waals surface area contributed by atoms with Crippen molar-refractivity contribution >= 4 is 32.5 Å². The molecule has 0 bridgehead atoms. The minimum atomic E-state index is -0.453. The third kappa shape index (κ3) is 3.95. The number of rotatable bonds is 5. The number of hydrogen-bond acceptors (Lipinski definition) is 8. The first-order valence-corrected chi connectivity index (χ1v) is 11.1. The summed E-state index contributed by atoms with van der Waals surface area (Å²) in [6.45, 7) is 4.70. The Morgan fingerprint density at radius 1 is 1.06 bits per heavy atom. The van der Waals surface area contributed by atoms with Crippen molar-refractivity contribution < 1.29 is 14.6 Å². The predicted molar refractivity (Wildman–Crippen MR) is 122 cm³/mol. The summed E-state index contributed by atoms with van der Waals surface area (Å²) in [4.78, 5) is 21.9. The standard InChI is InChI=1S/C23H23N3O4S/c27-12-11-25-7-9-26(10-8-25)14-17-19(28)6-5-15-13-16(23(29)30-21(15)17)22-24-18-3-1-2-4-20(18)31-22/h1-6,13,27-28H,7-12,14H2. The largest absolute Gasteiger partial charge is 0.507 e. The number of thiazole rings is 1. The van der Waals surface area contributed by atoms with E-state index in [9.17, 15) is 9.90 Å². The van der Waals surface area contributed by atoms with E-state index in [1.165, 1.54) is 11.3 Å². The highest BCUT2D eigenvalue weighted by atomic mass is 32.1. The van der Waals surface area contributed by atoms with E-state index >= 15 is 0 Å². The Morgan fingerprint density at radius 2 is 1.84 bits per heavy atom. The van der Waals surface area contributed by atoms with Crippen molar-refractivity contribution in [2.75, 3.05) is 39.3 Å². The molecule has 4 aromatic rings. The topological polar surface area (TPSA) is 90.0 Å². The predicted octanol–water partition coefficient (Wildman–Crippen LogP) is 2.89. The minimum Gasteiger partial charge on any atom is -0.507 e. The summed E-state index contributed by atoms with van der Waals surface area (Å²) in [6, 6.07) is 13.0. The maximum absolute atomic E-state index is 12.9. The van der Waals surface area contributed by atoms with E-state index in [1.54, 1.807) is 18.2 Å². The average Bonchev–Trinajstić information content (AvgIpc) is 3.21. The Balaban J connectivity index is 1.48. The molecule has 2 aromatic heterocycles. The molecule has 5 rings (SSSR count). The molecule has 0 spiro atoms. The van der Waals surface area contributed by atoms with Gasteiger partial charge in [0, 0.05) is 44.7 Å². The van der Waals surface area contributed by atoms with Crippen LogP contribution in [0.3, 0.4) is 0 Å². The molecule has 2 N–H and O–H groups in total. The highest BCUT2D eigenvalue weighted by molar-refractivity contribution is 7.21. The number of para-hydroxylation sites is 1. The number of aliphatic hydroxyl groups is 1. The molecule has 160 valence electrons.